The van der Waals surface area contributed by atoms with Crippen molar-refractivity contribution < 1.29 is 9.72 Å². The summed E-state index contributed by atoms with van der Waals surface area (Å²) in [6.45, 7) is 1.36. The molecule has 0 unspecified atom stereocenters. The lowest BCUT2D eigenvalue weighted by atomic mass is 10.3. The molecule has 2 aromatic rings. The van der Waals surface area contributed by atoms with Gasteiger partial charge in [0, 0.05) is 11.1 Å². The van der Waals surface area contributed by atoms with Gasteiger partial charge < -0.3 is 5.32 Å². The van der Waals surface area contributed by atoms with Gasteiger partial charge in [-0.25, -0.2) is 0 Å². The summed E-state index contributed by atoms with van der Waals surface area (Å²) in [6, 6.07) is 6.00. The summed E-state index contributed by atoms with van der Waals surface area (Å²) < 4.78 is 0. The molecule has 0 atom stereocenters. The molecule has 0 aliphatic rings. The number of hydrogen-bond acceptors (Lipinski definition) is 5. The zero-order chi connectivity index (χ0) is 14.9. The lowest BCUT2D eigenvalue weighted by molar-refractivity contribution is -0.383. The van der Waals surface area contributed by atoms with Crippen LogP contribution in [0.4, 0.5) is 16.4 Å². The van der Waals surface area contributed by atoms with Crippen molar-refractivity contribution in [3.05, 3.63) is 49.3 Å². The Labute approximate surface area is 128 Å². The van der Waals surface area contributed by atoms with E-state index in [1.165, 1.54) is 19.1 Å². The maximum Gasteiger partial charge on any atom is 0.304 e. The van der Waals surface area contributed by atoms with Gasteiger partial charge >= 0.3 is 5.69 Å². The number of rotatable bonds is 4. The topological polar surface area (TPSA) is 72.2 Å². The van der Waals surface area contributed by atoms with Crippen molar-refractivity contribution in [1.82, 2.24) is 0 Å². The number of ketones is 1. The molecule has 0 radical (unpaired) electrons. The first-order valence-corrected chi connectivity index (χ1v) is 6.97. The van der Waals surface area contributed by atoms with Gasteiger partial charge in [-0.1, -0.05) is 23.2 Å². The Morgan fingerprint density at radius 1 is 1.35 bits per heavy atom. The summed E-state index contributed by atoms with van der Waals surface area (Å²) in [5, 5.41) is 14.9. The Kier molecular flexibility index (Phi) is 4.27. The van der Waals surface area contributed by atoms with Crippen LogP contribution in [0.3, 0.4) is 0 Å². The number of halogens is 2. The first kappa shape index (κ1) is 14.8. The fourth-order valence-corrected chi connectivity index (χ4v) is 2.88. The third-order valence-corrected chi connectivity index (χ3v) is 4.12. The molecule has 0 saturated carbocycles. The molecule has 2 rings (SSSR count). The minimum absolute atomic E-state index is 0.161. The number of anilines is 2. The minimum atomic E-state index is -0.547. The van der Waals surface area contributed by atoms with Gasteiger partial charge in [-0.3, -0.25) is 14.9 Å². The lowest BCUT2D eigenvalue weighted by Gasteiger charge is -2.06. The van der Waals surface area contributed by atoms with Gasteiger partial charge in [0.1, 0.15) is 0 Å². The average Bonchev–Trinajstić information content (AvgIpc) is 2.77. The first-order valence-electron chi connectivity index (χ1n) is 5.39. The van der Waals surface area contributed by atoms with Gasteiger partial charge in [-0.2, -0.15) is 0 Å². The van der Waals surface area contributed by atoms with Crippen LogP contribution in [0.2, 0.25) is 10.0 Å². The Morgan fingerprint density at radius 3 is 2.60 bits per heavy atom. The second-order valence-corrected chi connectivity index (χ2v) is 5.78. The first-order chi connectivity index (χ1) is 9.38. The van der Waals surface area contributed by atoms with Gasteiger partial charge in [0.05, 0.1) is 20.5 Å². The number of carbonyl (C=O) groups is 1. The van der Waals surface area contributed by atoms with Crippen molar-refractivity contribution in [3.8, 4) is 0 Å². The van der Waals surface area contributed by atoms with Crippen LogP contribution in [-0.2, 0) is 0 Å². The van der Waals surface area contributed by atoms with Crippen LogP contribution in [0.25, 0.3) is 0 Å². The third kappa shape index (κ3) is 3.09. The number of carbonyl (C=O) groups excluding carboxylic acids is 1. The number of nitro groups is 1. The molecule has 1 N–H and O–H groups in total. The zero-order valence-electron chi connectivity index (χ0n) is 10.1. The quantitative estimate of drug-likeness (QED) is 0.491. The highest BCUT2D eigenvalue weighted by Crippen LogP contribution is 2.38. The molecular formula is C12H8Cl2N2O3S. The number of hydrogen-bond donors (Lipinski definition) is 1. The van der Waals surface area contributed by atoms with Crippen LogP contribution in [0.1, 0.15) is 16.6 Å². The average molecular weight is 331 g/mol. The number of nitrogens with one attached hydrogen (secondary N) is 1. The highest BCUT2D eigenvalue weighted by Gasteiger charge is 2.21. The predicted octanol–water partition coefficient (Wildman–Crippen LogP) is 4.91. The molecule has 0 spiro atoms. The summed E-state index contributed by atoms with van der Waals surface area (Å²) in [7, 11) is 0. The van der Waals surface area contributed by atoms with E-state index in [4.69, 9.17) is 23.2 Å². The van der Waals surface area contributed by atoms with Gasteiger partial charge in [0.25, 0.3) is 0 Å². The van der Waals surface area contributed by atoms with Gasteiger partial charge in [-0.05, 0) is 25.1 Å². The molecule has 1 heterocycles. The van der Waals surface area contributed by atoms with Crippen molar-refractivity contribution in [2.24, 2.45) is 0 Å². The molecule has 1 aromatic heterocycles. The molecule has 8 heteroatoms. The molecule has 0 saturated heterocycles. The highest BCUT2D eigenvalue weighted by atomic mass is 35.5. The molecule has 5 nitrogen and oxygen atoms in total. The molecule has 0 aliphatic heterocycles. The second kappa shape index (κ2) is 5.78. The summed E-state index contributed by atoms with van der Waals surface area (Å²) in [5.41, 5.74) is 0.322. The van der Waals surface area contributed by atoms with Crippen molar-refractivity contribution in [2.45, 2.75) is 6.92 Å². The number of benzene rings is 1. The van der Waals surface area contributed by atoms with Crippen LogP contribution in [0.5, 0.6) is 0 Å². The Bertz CT molecular complexity index is 700. The lowest BCUT2D eigenvalue weighted by Crippen LogP contribution is -1.93. The van der Waals surface area contributed by atoms with E-state index in [0.717, 1.165) is 11.3 Å². The Morgan fingerprint density at radius 2 is 2.05 bits per heavy atom. The predicted molar refractivity (Wildman–Crippen MR) is 80.7 cm³/mol. The van der Waals surface area contributed by atoms with E-state index in [1.807, 2.05) is 0 Å². The maximum absolute atomic E-state index is 11.3. The fourth-order valence-electron chi connectivity index (χ4n) is 1.49. The van der Waals surface area contributed by atoms with E-state index in [0.29, 0.717) is 20.6 Å². The third-order valence-electron chi connectivity index (χ3n) is 2.44. The molecule has 104 valence electrons. The zero-order valence-corrected chi connectivity index (χ0v) is 12.5. The molecule has 0 aliphatic carbocycles. The summed E-state index contributed by atoms with van der Waals surface area (Å²) in [5.74, 6) is -0.228. The monoisotopic (exact) mass is 330 g/mol. The molecule has 20 heavy (non-hydrogen) atoms. The smallest absolute Gasteiger partial charge is 0.304 e. The summed E-state index contributed by atoms with van der Waals surface area (Å²) in [4.78, 5) is 22.1. The summed E-state index contributed by atoms with van der Waals surface area (Å²) in [6.07, 6.45) is 0. The number of Topliss-reactive ketones (excluding diaryl/α,β-unsaturated/α-hetero) is 1. The van der Waals surface area contributed by atoms with Gasteiger partial charge in [0.2, 0.25) is 0 Å². The number of thiophene rings is 1. The fraction of sp³-hybridized carbons (Fsp3) is 0.0833. The standard InChI is InChI=1S/C12H8Cl2N2O3S/c1-6(17)11-5-10(16(18)19)12(20-11)15-9-3-2-7(13)4-8(9)14/h2-5,15H,1H3. The Balaban J connectivity index is 2.42. The molecule has 1 aromatic carbocycles. The molecular weight excluding hydrogens is 323 g/mol. The van der Waals surface area contributed by atoms with Crippen molar-refractivity contribution in [1.29, 1.82) is 0 Å². The number of nitrogens with zero attached hydrogens (tertiary/aromatic N) is 1. The van der Waals surface area contributed by atoms with E-state index in [1.54, 1.807) is 12.1 Å². The van der Waals surface area contributed by atoms with Crippen LogP contribution < -0.4 is 5.32 Å². The van der Waals surface area contributed by atoms with Crippen LogP contribution in [0, 0.1) is 10.1 Å². The van der Waals surface area contributed by atoms with Crippen LogP contribution in [0.15, 0.2) is 24.3 Å². The van der Waals surface area contributed by atoms with E-state index in [2.05, 4.69) is 5.32 Å². The van der Waals surface area contributed by atoms with Crippen LogP contribution >= 0.6 is 34.5 Å². The minimum Gasteiger partial charge on any atom is -0.340 e. The largest absolute Gasteiger partial charge is 0.340 e. The maximum atomic E-state index is 11.3. The van der Waals surface area contributed by atoms with E-state index in [-0.39, 0.29) is 16.5 Å². The highest BCUT2D eigenvalue weighted by molar-refractivity contribution is 7.18. The van der Waals surface area contributed by atoms with Gasteiger partial charge in [-0.15, -0.1) is 11.3 Å². The van der Waals surface area contributed by atoms with Crippen molar-refractivity contribution >= 4 is 56.7 Å². The normalized spacial score (nSPS) is 10.3. The SMILES string of the molecule is CC(=O)c1cc([N+](=O)[O-])c(Nc2ccc(Cl)cc2Cl)s1. The second-order valence-electron chi connectivity index (χ2n) is 3.89. The van der Waals surface area contributed by atoms with E-state index in [9.17, 15) is 14.9 Å². The van der Waals surface area contributed by atoms with Crippen molar-refractivity contribution in [2.75, 3.05) is 5.32 Å². The molecule has 0 bridgehead atoms. The summed E-state index contributed by atoms with van der Waals surface area (Å²) >= 11 is 12.8. The van der Waals surface area contributed by atoms with Crippen molar-refractivity contribution in [3.63, 3.8) is 0 Å². The van der Waals surface area contributed by atoms with E-state index < -0.39 is 4.92 Å². The molecule has 0 amide bonds. The van der Waals surface area contributed by atoms with E-state index >= 15 is 0 Å². The van der Waals surface area contributed by atoms with Crippen LogP contribution in [-0.4, -0.2) is 10.7 Å². The molecule has 0 fully saturated rings. The van der Waals surface area contributed by atoms with Gasteiger partial charge in [0.15, 0.2) is 10.8 Å². The Hall–Kier alpha value is -1.63.